The summed E-state index contributed by atoms with van der Waals surface area (Å²) in [6.45, 7) is 5.00. The molecule has 0 amide bonds. The van der Waals surface area contributed by atoms with Gasteiger partial charge in [-0.2, -0.15) is 0 Å². The first-order valence-corrected chi connectivity index (χ1v) is 6.04. The SMILES string of the molecule is COCCC1=CC=CC1C(=O)CCC(C)C. The molecule has 0 aliphatic heterocycles. The highest BCUT2D eigenvalue weighted by atomic mass is 16.5. The molecular formula is C14H22O2. The fraction of sp³-hybridized carbons (Fsp3) is 0.643. The predicted octanol–water partition coefficient (Wildman–Crippen LogP) is 3.14. The van der Waals surface area contributed by atoms with Crippen molar-refractivity contribution in [2.75, 3.05) is 13.7 Å². The predicted molar refractivity (Wildman–Crippen MR) is 66.3 cm³/mol. The minimum Gasteiger partial charge on any atom is -0.384 e. The summed E-state index contributed by atoms with van der Waals surface area (Å²) in [7, 11) is 1.69. The number of carbonyl (C=O) groups is 1. The zero-order valence-electron chi connectivity index (χ0n) is 10.5. The van der Waals surface area contributed by atoms with E-state index in [0.717, 1.165) is 12.8 Å². The van der Waals surface area contributed by atoms with Gasteiger partial charge in [0, 0.05) is 20.1 Å². The summed E-state index contributed by atoms with van der Waals surface area (Å²) in [6.07, 6.45) is 8.59. The van der Waals surface area contributed by atoms with Gasteiger partial charge in [-0.25, -0.2) is 0 Å². The molecule has 16 heavy (non-hydrogen) atoms. The van der Waals surface area contributed by atoms with Crippen LogP contribution in [0.25, 0.3) is 0 Å². The largest absolute Gasteiger partial charge is 0.384 e. The Labute approximate surface area is 98.4 Å². The van der Waals surface area contributed by atoms with Crippen molar-refractivity contribution in [1.29, 1.82) is 0 Å². The molecule has 0 saturated carbocycles. The maximum atomic E-state index is 12.0. The first kappa shape index (κ1) is 13.2. The molecule has 1 unspecified atom stereocenters. The maximum absolute atomic E-state index is 12.0. The normalized spacial score (nSPS) is 19.2. The van der Waals surface area contributed by atoms with Gasteiger partial charge in [0.15, 0.2) is 0 Å². The van der Waals surface area contributed by atoms with Crippen LogP contribution in [0.2, 0.25) is 0 Å². The van der Waals surface area contributed by atoms with Gasteiger partial charge in [-0.3, -0.25) is 4.79 Å². The molecular weight excluding hydrogens is 200 g/mol. The molecule has 1 atom stereocenters. The van der Waals surface area contributed by atoms with Gasteiger partial charge < -0.3 is 4.74 Å². The average Bonchev–Trinajstić information content (AvgIpc) is 2.71. The van der Waals surface area contributed by atoms with E-state index in [1.165, 1.54) is 5.57 Å². The Morgan fingerprint density at radius 1 is 1.50 bits per heavy atom. The number of rotatable bonds is 7. The molecule has 2 nitrogen and oxygen atoms in total. The number of methoxy groups -OCH3 is 1. The molecule has 0 bridgehead atoms. The number of hydrogen-bond acceptors (Lipinski definition) is 2. The van der Waals surface area contributed by atoms with Crippen LogP contribution in [0, 0.1) is 11.8 Å². The Morgan fingerprint density at radius 3 is 2.88 bits per heavy atom. The van der Waals surface area contributed by atoms with Crippen LogP contribution in [0.15, 0.2) is 23.8 Å². The van der Waals surface area contributed by atoms with E-state index in [9.17, 15) is 4.79 Å². The number of carbonyl (C=O) groups excluding carboxylic acids is 1. The molecule has 1 rings (SSSR count). The van der Waals surface area contributed by atoms with Gasteiger partial charge in [0.25, 0.3) is 0 Å². The number of ether oxygens (including phenoxy) is 1. The van der Waals surface area contributed by atoms with Gasteiger partial charge in [0.2, 0.25) is 0 Å². The van der Waals surface area contributed by atoms with Gasteiger partial charge in [0.1, 0.15) is 5.78 Å². The van der Waals surface area contributed by atoms with E-state index >= 15 is 0 Å². The quantitative estimate of drug-likeness (QED) is 0.661. The van der Waals surface area contributed by atoms with Crippen LogP contribution in [-0.4, -0.2) is 19.5 Å². The summed E-state index contributed by atoms with van der Waals surface area (Å²) in [5.74, 6) is 0.972. The lowest BCUT2D eigenvalue weighted by Gasteiger charge is -2.13. The molecule has 0 spiro atoms. The summed E-state index contributed by atoms with van der Waals surface area (Å²) in [4.78, 5) is 12.0. The highest BCUT2D eigenvalue weighted by molar-refractivity contribution is 5.86. The molecule has 2 heteroatoms. The van der Waals surface area contributed by atoms with Crippen LogP contribution in [0.5, 0.6) is 0 Å². The third kappa shape index (κ3) is 3.93. The lowest BCUT2D eigenvalue weighted by atomic mass is 9.91. The first-order chi connectivity index (χ1) is 7.65. The molecule has 1 aliphatic rings. The molecule has 0 heterocycles. The second-order valence-corrected chi connectivity index (χ2v) is 4.75. The van der Waals surface area contributed by atoms with Crippen LogP contribution < -0.4 is 0 Å². The average molecular weight is 222 g/mol. The second-order valence-electron chi connectivity index (χ2n) is 4.75. The third-order valence-corrected chi connectivity index (χ3v) is 2.92. The number of Topliss-reactive ketones (excluding diaryl/α,β-unsaturated/α-hetero) is 1. The van der Waals surface area contributed by atoms with Crippen molar-refractivity contribution in [3.63, 3.8) is 0 Å². The fourth-order valence-corrected chi connectivity index (χ4v) is 1.88. The smallest absolute Gasteiger partial charge is 0.143 e. The van der Waals surface area contributed by atoms with Gasteiger partial charge in [-0.1, -0.05) is 37.6 Å². The van der Waals surface area contributed by atoms with Crippen LogP contribution in [-0.2, 0) is 9.53 Å². The van der Waals surface area contributed by atoms with Gasteiger partial charge >= 0.3 is 0 Å². The van der Waals surface area contributed by atoms with Crippen molar-refractivity contribution in [3.05, 3.63) is 23.8 Å². The minimum atomic E-state index is 0.0221. The van der Waals surface area contributed by atoms with Gasteiger partial charge in [-0.15, -0.1) is 0 Å². The Bertz CT molecular complexity index is 287. The fourth-order valence-electron chi connectivity index (χ4n) is 1.88. The van der Waals surface area contributed by atoms with E-state index in [1.807, 2.05) is 12.2 Å². The highest BCUT2D eigenvalue weighted by Gasteiger charge is 2.21. The van der Waals surface area contributed by atoms with Crippen LogP contribution in [0.3, 0.4) is 0 Å². The number of hydrogen-bond donors (Lipinski definition) is 0. The van der Waals surface area contributed by atoms with Crippen molar-refractivity contribution in [1.82, 2.24) is 0 Å². The standard InChI is InChI=1S/C14H22O2/c1-11(2)7-8-14(15)13-6-4-5-12(13)9-10-16-3/h4-6,11,13H,7-10H2,1-3H3. The number of ketones is 1. The van der Waals surface area contributed by atoms with Crippen molar-refractivity contribution >= 4 is 5.78 Å². The molecule has 0 fully saturated rings. The van der Waals surface area contributed by atoms with Crippen molar-refractivity contribution in [3.8, 4) is 0 Å². The summed E-state index contributed by atoms with van der Waals surface area (Å²) in [5.41, 5.74) is 1.20. The lowest BCUT2D eigenvalue weighted by molar-refractivity contribution is -0.120. The third-order valence-electron chi connectivity index (χ3n) is 2.92. The molecule has 0 aromatic rings. The zero-order valence-corrected chi connectivity index (χ0v) is 10.5. The van der Waals surface area contributed by atoms with Crippen molar-refractivity contribution < 1.29 is 9.53 Å². The Balaban J connectivity index is 2.43. The summed E-state index contributed by atoms with van der Waals surface area (Å²) in [5, 5.41) is 0. The Kier molecular flexibility index (Phi) is 5.47. The highest BCUT2D eigenvalue weighted by Crippen LogP contribution is 2.25. The molecule has 90 valence electrons. The van der Waals surface area contributed by atoms with Crippen LogP contribution in [0.1, 0.15) is 33.1 Å². The van der Waals surface area contributed by atoms with Crippen LogP contribution in [0.4, 0.5) is 0 Å². The number of allylic oxidation sites excluding steroid dienone is 3. The topological polar surface area (TPSA) is 26.3 Å². The van der Waals surface area contributed by atoms with E-state index in [1.54, 1.807) is 7.11 Å². The maximum Gasteiger partial charge on any atom is 0.143 e. The van der Waals surface area contributed by atoms with E-state index < -0.39 is 0 Å². The molecule has 0 N–H and O–H groups in total. The first-order valence-electron chi connectivity index (χ1n) is 6.04. The molecule has 0 radical (unpaired) electrons. The Morgan fingerprint density at radius 2 is 2.25 bits per heavy atom. The van der Waals surface area contributed by atoms with Crippen molar-refractivity contribution in [2.45, 2.75) is 33.1 Å². The van der Waals surface area contributed by atoms with E-state index in [-0.39, 0.29) is 5.92 Å². The molecule has 0 saturated heterocycles. The zero-order chi connectivity index (χ0) is 12.0. The summed E-state index contributed by atoms with van der Waals surface area (Å²) in [6, 6.07) is 0. The minimum absolute atomic E-state index is 0.0221. The summed E-state index contributed by atoms with van der Waals surface area (Å²) < 4.78 is 5.05. The molecule has 0 aromatic heterocycles. The summed E-state index contributed by atoms with van der Waals surface area (Å²) >= 11 is 0. The van der Waals surface area contributed by atoms with Gasteiger partial charge in [0.05, 0.1) is 5.92 Å². The second kappa shape index (κ2) is 6.64. The lowest BCUT2D eigenvalue weighted by Crippen LogP contribution is -2.14. The monoisotopic (exact) mass is 222 g/mol. The van der Waals surface area contributed by atoms with E-state index in [0.29, 0.717) is 24.7 Å². The molecule has 0 aromatic carbocycles. The van der Waals surface area contributed by atoms with Gasteiger partial charge in [-0.05, 0) is 18.8 Å². The molecule has 1 aliphatic carbocycles. The van der Waals surface area contributed by atoms with Crippen molar-refractivity contribution in [2.24, 2.45) is 11.8 Å². The van der Waals surface area contributed by atoms with E-state index in [2.05, 4.69) is 19.9 Å². The van der Waals surface area contributed by atoms with E-state index in [4.69, 9.17) is 4.74 Å². The Hall–Kier alpha value is -0.890. The van der Waals surface area contributed by atoms with Crippen LogP contribution >= 0.6 is 0 Å².